The predicted molar refractivity (Wildman–Crippen MR) is 110 cm³/mol. The van der Waals surface area contributed by atoms with Crippen LogP contribution in [0.5, 0.6) is 11.5 Å². The van der Waals surface area contributed by atoms with Crippen molar-refractivity contribution >= 4 is 32.6 Å². The van der Waals surface area contributed by atoms with Gasteiger partial charge in [0.1, 0.15) is 11.5 Å². The third kappa shape index (κ3) is 4.98. The first kappa shape index (κ1) is 19.2. The van der Waals surface area contributed by atoms with Crippen LogP contribution in [0.2, 0.25) is 0 Å². The Bertz CT molecular complexity index is 927. The van der Waals surface area contributed by atoms with Crippen molar-refractivity contribution in [3.05, 3.63) is 48.0 Å². The van der Waals surface area contributed by atoms with Crippen molar-refractivity contribution in [1.29, 1.82) is 0 Å². The molecule has 0 unspecified atom stereocenters. The first-order chi connectivity index (χ1) is 12.8. The molecule has 0 aliphatic rings. The van der Waals surface area contributed by atoms with Gasteiger partial charge >= 0.3 is 0 Å². The van der Waals surface area contributed by atoms with Crippen molar-refractivity contribution in [2.24, 2.45) is 0 Å². The number of thiazole rings is 1. The van der Waals surface area contributed by atoms with E-state index in [1.807, 2.05) is 49.4 Å². The Morgan fingerprint density at radius 2 is 1.78 bits per heavy atom. The Morgan fingerprint density at radius 1 is 1.07 bits per heavy atom. The number of hydrogen-bond acceptors (Lipinski definition) is 5. The van der Waals surface area contributed by atoms with Gasteiger partial charge in [0.2, 0.25) is 0 Å². The average Bonchev–Trinajstić information content (AvgIpc) is 3.01. The summed E-state index contributed by atoms with van der Waals surface area (Å²) in [5.41, 5.74) is 2.14. The number of carbonyl (C=O) groups excluding carboxylic acids is 1. The van der Waals surface area contributed by atoms with Gasteiger partial charge < -0.3 is 9.47 Å². The van der Waals surface area contributed by atoms with Gasteiger partial charge in [0, 0.05) is 0 Å². The van der Waals surface area contributed by atoms with Gasteiger partial charge in [0.25, 0.3) is 5.91 Å². The van der Waals surface area contributed by atoms with Crippen LogP contribution in [0.4, 0.5) is 5.13 Å². The van der Waals surface area contributed by atoms with Crippen LogP contribution in [0.1, 0.15) is 33.3 Å². The summed E-state index contributed by atoms with van der Waals surface area (Å²) >= 11 is 1.41. The van der Waals surface area contributed by atoms with Gasteiger partial charge in [-0.15, -0.1) is 0 Å². The average molecular weight is 385 g/mol. The van der Waals surface area contributed by atoms with E-state index < -0.39 is 0 Å². The third-order valence-corrected chi connectivity index (χ3v) is 4.94. The van der Waals surface area contributed by atoms with E-state index in [1.54, 1.807) is 0 Å². The first-order valence-corrected chi connectivity index (χ1v) is 9.73. The van der Waals surface area contributed by atoms with Crippen molar-refractivity contribution in [2.45, 2.75) is 33.1 Å². The van der Waals surface area contributed by atoms with Crippen LogP contribution in [0.25, 0.3) is 10.2 Å². The van der Waals surface area contributed by atoms with Crippen LogP contribution >= 0.6 is 11.3 Å². The van der Waals surface area contributed by atoms with Crippen LogP contribution in [0.3, 0.4) is 0 Å². The lowest BCUT2D eigenvalue weighted by Crippen LogP contribution is -2.20. The molecule has 0 radical (unpaired) electrons. The number of amides is 1. The molecule has 0 aliphatic heterocycles. The maximum absolute atomic E-state index is 12.2. The van der Waals surface area contributed by atoms with Crippen LogP contribution in [-0.2, 0) is 10.2 Å². The molecule has 0 aliphatic carbocycles. The molecule has 1 N–H and O–H groups in total. The van der Waals surface area contributed by atoms with Gasteiger partial charge in [-0.3, -0.25) is 10.1 Å². The van der Waals surface area contributed by atoms with Crippen molar-refractivity contribution in [2.75, 3.05) is 18.5 Å². The Hall–Kier alpha value is -2.60. The minimum atomic E-state index is -0.237. The molecular weight excluding hydrogens is 360 g/mol. The first-order valence-electron chi connectivity index (χ1n) is 8.92. The molecule has 2 aromatic carbocycles. The van der Waals surface area contributed by atoms with Crippen molar-refractivity contribution in [3.8, 4) is 11.5 Å². The number of fused-ring (bicyclic) bond motifs is 1. The molecule has 0 bridgehead atoms. The standard InChI is InChI=1S/C21H24N2O3S/c1-5-25-16-10-11-17-18(12-16)27-20(22-17)23-19(24)13-26-15-8-6-14(7-9-15)21(2,3)4/h6-12H,5,13H2,1-4H3,(H,22,23,24). The van der Waals surface area contributed by atoms with E-state index in [0.29, 0.717) is 17.5 Å². The maximum Gasteiger partial charge on any atom is 0.264 e. The van der Waals surface area contributed by atoms with E-state index in [4.69, 9.17) is 9.47 Å². The fourth-order valence-electron chi connectivity index (χ4n) is 2.57. The summed E-state index contributed by atoms with van der Waals surface area (Å²) < 4.78 is 12.0. The number of carbonyl (C=O) groups is 1. The van der Waals surface area contributed by atoms with Crippen LogP contribution < -0.4 is 14.8 Å². The summed E-state index contributed by atoms with van der Waals surface area (Å²) in [7, 11) is 0. The predicted octanol–water partition coefficient (Wildman–Crippen LogP) is 5.01. The molecule has 142 valence electrons. The zero-order valence-corrected chi connectivity index (χ0v) is 16.9. The molecule has 3 rings (SSSR count). The van der Waals surface area contributed by atoms with Gasteiger partial charge in [-0.1, -0.05) is 44.2 Å². The molecule has 1 heterocycles. The number of rotatable bonds is 6. The summed E-state index contributed by atoms with van der Waals surface area (Å²) in [5.74, 6) is 1.23. The molecule has 1 aromatic heterocycles. The van der Waals surface area contributed by atoms with Gasteiger partial charge in [-0.2, -0.15) is 0 Å². The number of aromatic nitrogens is 1. The largest absolute Gasteiger partial charge is 0.494 e. The summed E-state index contributed by atoms with van der Waals surface area (Å²) in [6.45, 7) is 8.97. The summed E-state index contributed by atoms with van der Waals surface area (Å²) in [6, 6.07) is 13.5. The minimum absolute atomic E-state index is 0.0605. The SMILES string of the molecule is CCOc1ccc2nc(NC(=O)COc3ccc(C(C)(C)C)cc3)sc2c1. The topological polar surface area (TPSA) is 60.5 Å². The molecule has 3 aromatic rings. The van der Waals surface area contributed by atoms with E-state index in [2.05, 4.69) is 31.1 Å². The maximum atomic E-state index is 12.2. The highest BCUT2D eigenvalue weighted by atomic mass is 32.1. The van der Waals surface area contributed by atoms with Crippen molar-refractivity contribution in [3.63, 3.8) is 0 Å². The van der Waals surface area contributed by atoms with Crippen molar-refractivity contribution in [1.82, 2.24) is 4.98 Å². The number of benzene rings is 2. The lowest BCUT2D eigenvalue weighted by Gasteiger charge is -2.19. The molecule has 0 fully saturated rings. The van der Waals surface area contributed by atoms with E-state index in [-0.39, 0.29) is 17.9 Å². The van der Waals surface area contributed by atoms with Crippen molar-refractivity contribution < 1.29 is 14.3 Å². The van der Waals surface area contributed by atoms with Gasteiger partial charge in [-0.25, -0.2) is 4.98 Å². The normalized spacial score (nSPS) is 11.4. The number of nitrogens with zero attached hydrogens (tertiary/aromatic N) is 1. The molecular formula is C21H24N2O3S. The third-order valence-electron chi connectivity index (χ3n) is 4.01. The number of ether oxygens (including phenoxy) is 2. The minimum Gasteiger partial charge on any atom is -0.494 e. The smallest absolute Gasteiger partial charge is 0.264 e. The summed E-state index contributed by atoms with van der Waals surface area (Å²) in [5, 5.41) is 3.34. The van der Waals surface area contributed by atoms with Crippen LogP contribution in [-0.4, -0.2) is 24.1 Å². The highest BCUT2D eigenvalue weighted by Crippen LogP contribution is 2.29. The highest BCUT2D eigenvalue weighted by Gasteiger charge is 2.13. The number of anilines is 1. The Morgan fingerprint density at radius 3 is 2.44 bits per heavy atom. The zero-order valence-electron chi connectivity index (χ0n) is 16.0. The van der Waals surface area contributed by atoms with E-state index in [9.17, 15) is 4.79 Å². The second-order valence-electron chi connectivity index (χ2n) is 7.19. The van der Waals surface area contributed by atoms with Crippen LogP contribution in [0, 0.1) is 0 Å². The lowest BCUT2D eigenvalue weighted by molar-refractivity contribution is -0.118. The number of hydrogen-bond donors (Lipinski definition) is 1. The fraction of sp³-hybridized carbons (Fsp3) is 0.333. The molecule has 0 atom stereocenters. The Labute approximate surface area is 163 Å². The zero-order chi connectivity index (χ0) is 19.4. The van der Waals surface area contributed by atoms with Gasteiger partial charge in [0.05, 0.1) is 16.8 Å². The molecule has 1 amide bonds. The van der Waals surface area contributed by atoms with Gasteiger partial charge in [0.15, 0.2) is 11.7 Å². The molecule has 6 heteroatoms. The molecule has 5 nitrogen and oxygen atoms in total. The molecule has 27 heavy (non-hydrogen) atoms. The summed E-state index contributed by atoms with van der Waals surface area (Å²) in [4.78, 5) is 16.6. The number of nitrogens with one attached hydrogen (secondary N) is 1. The molecule has 0 spiro atoms. The van der Waals surface area contributed by atoms with E-state index in [1.165, 1.54) is 16.9 Å². The van der Waals surface area contributed by atoms with E-state index >= 15 is 0 Å². The Balaban J connectivity index is 1.58. The molecule has 0 saturated carbocycles. The lowest BCUT2D eigenvalue weighted by atomic mass is 9.87. The monoisotopic (exact) mass is 384 g/mol. The Kier molecular flexibility index (Phi) is 5.65. The van der Waals surface area contributed by atoms with E-state index in [0.717, 1.165) is 16.0 Å². The second-order valence-corrected chi connectivity index (χ2v) is 8.22. The fourth-order valence-corrected chi connectivity index (χ4v) is 3.48. The molecule has 0 saturated heterocycles. The van der Waals surface area contributed by atoms with Crippen LogP contribution in [0.15, 0.2) is 42.5 Å². The van der Waals surface area contributed by atoms with Gasteiger partial charge in [-0.05, 0) is 48.2 Å². The second kappa shape index (κ2) is 7.96. The quantitative estimate of drug-likeness (QED) is 0.649. The summed E-state index contributed by atoms with van der Waals surface area (Å²) in [6.07, 6.45) is 0. The highest BCUT2D eigenvalue weighted by molar-refractivity contribution is 7.22.